The molecule has 2 aliphatic carbocycles. The van der Waals surface area contributed by atoms with E-state index in [1.54, 1.807) is 13.8 Å². The summed E-state index contributed by atoms with van der Waals surface area (Å²) in [5.41, 5.74) is 1.05. The molecule has 0 aromatic carbocycles. The number of nitrogens with one attached hydrogen (secondary N) is 1. The van der Waals surface area contributed by atoms with Crippen molar-refractivity contribution >= 4 is 34.2 Å². The van der Waals surface area contributed by atoms with Gasteiger partial charge >= 0.3 is 11.9 Å². The SMILES string of the molecule is CCOC(=O)c1c(NC(=O)CCC2CCCCC2)sc2c1C(C(=O)OCC)CCC2. The standard InChI is InChI=1S/C23H33NO5S/c1-3-28-22(26)16-11-8-12-17-19(16)20(23(27)29-4-2)21(30-17)24-18(25)14-13-15-9-6-5-7-10-15/h15-16H,3-14H2,1-2H3,(H,24,25). The molecular weight excluding hydrogens is 402 g/mol. The lowest BCUT2D eigenvalue weighted by atomic mass is 9.85. The normalized spacial score (nSPS) is 19.1. The molecule has 1 N–H and O–H groups in total. The average molecular weight is 436 g/mol. The molecule has 0 radical (unpaired) electrons. The molecule has 6 nitrogen and oxygen atoms in total. The third-order valence-corrected chi connectivity index (χ3v) is 7.26. The van der Waals surface area contributed by atoms with E-state index in [-0.39, 0.29) is 18.5 Å². The number of fused-ring (bicyclic) bond motifs is 1. The predicted octanol–water partition coefficient (Wildman–Crippen LogP) is 5.21. The molecule has 1 amide bonds. The van der Waals surface area contributed by atoms with Crippen molar-refractivity contribution in [2.24, 2.45) is 5.92 Å². The Hall–Kier alpha value is -1.89. The molecule has 0 aliphatic heterocycles. The van der Waals surface area contributed by atoms with Crippen molar-refractivity contribution in [2.75, 3.05) is 18.5 Å². The van der Waals surface area contributed by atoms with Crippen molar-refractivity contribution in [1.82, 2.24) is 0 Å². The summed E-state index contributed by atoms with van der Waals surface area (Å²) in [6, 6.07) is 0. The zero-order valence-corrected chi connectivity index (χ0v) is 18.9. The van der Waals surface area contributed by atoms with Crippen LogP contribution in [-0.4, -0.2) is 31.1 Å². The zero-order chi connectivity index (χ0) is 21.5. The summed E-state index contributed by atoms with van der Waals surface area (Å²) in [5, 5.41) is 3.48. The maximum absolute atomic E-state index is 12.8. The number of carbonyl (C=O) groups is 3. The summed E-state index contributed by atoms with van der Waals surface area (Å²) < 4.78 is 10.5. The van der Waals surface area contributed by atoms with Crippen LogP contribution in [0.25, 0.3) is 0 Å². The Morgan fingerprint density at radius 1 is 1.00 bits per heavy atom. The van der Waals surface area contributed by atoms with Crippen molar-refractivity contribution in [3.05, 3.63) is 16.0 Å². The van der Waals surface area contributed by atoms with E-state index in [1.165, 1.54) is 43.4 Å². The molecule has 1 fully saturated rings. The Balaban J connectivity index is 1.80. The zero-order valence-electron chi connectivity index (χ0n) is 18.1. The van der Waals surface area contributed by atoms with Crippen molar-refractivity contribution in [3.8, 4) is 0 Å². The number of esters is 2. The molecule has 1 aromatic rings. The number of rotatable bonds is 8. The van der Waals surface area contributed by atoms with Crippen LogP contribution in [0.1, 0.15) is 98.4 Å². The van der Waals surface area contributed by atoms with Gasteiger partial charge in [0.25, 0.3) is 0 Å². The second-order valence-corrected chi connectivity index (χ2v) is 9.26. The minimum atomic E-state index is -0.478. The van der Waals surface area contributed by atoms with Crippen LogP contribution in [0.15, 0.2) is 0 Å². The van der Waals surface area contributed by atoms with Gasteiger partial charge < -0.3 is 14.8 Å². The predicted molar refractivity (Wildman–Crippen MR) is 117 cm³/mol. The molecule has 0 saturated heterocycles. The molecule has 1 heterocycles. The van der Waals surface area contributed by atoms with Gasteiger partial charge in [0, 0.05) is 11.3 Å². The second kappa shape index (κ2) is 10.9. The number of aryl methyl sites for hydroxylation is 1. The van der Waals surface area contributed by atoms with Crippen LogP contribution < -0.4 is 5.32 Å². The summed E-state index contributed by atoms with van der Waals surface area (Å²) in [4.78, 5) is 39.0. The van der Waals surface area contributed by atoms with Crippen molar-refractivity contribution in [2.45, 2.75) is 84.0 Å². The Kier molecular flexibility index (Phi) is 8.31. The summed E-state index contributed by atoms with van der Waals surface area (Å²) >= 11 is 1.40. The van der Waals surface area contributed by atoms with Gasteiger partial charge in [-0.3, -0.25) is 9.59 Å². The van der Waals surface area contributed by atoms with E-state index in [0.29, 0.717) is 41.5 Å². The molecule has 7 heteroatoms. The van der Waals surface area contributed by atoms with Crippen LogP contribution >= 0.6 is 11.3 Å². The molecule has 0 bridgehead atoms. The molecule has 1 saturated carbocycles. The van der Waals surface area contributed by atoms with Gasteiger partial charge in [-0.05, 0) is 51.0 Å². The monoisotopic (exact) mass is 435 g/mol. The molecule has 0 spiro atoms. The van der Waals surface area contributed by atoms with Gasteiger partial charge in [0.15, 0.2) is 0 Å². The van der Waals surface area contributed by atoms with E-state index in [2.05, 4.69) is 5.32 Å². The lowest BCUT2D eigenvalue weighted by Crippen LogP contribution is -2.23. The summed E-state index contributed by atoms with van der Waals surface area (Å²) in [6.07, 6.45) is 9.85. The van der Waals surface area contributed by atoms with E-state index in [4.69, 9.17) is 9.47 Å². The number of anilines is 1. The van der Waals surface area contributed by atoms with Crippen molar-refractivity contribution in [3.63, 3.8) is 0 Å². The van der Waals surface area contributed by atoms with E-state index < -0.39 is 11.9 Å². The number of hydrogen-bond donors (Lipinski definition) is 1. The van der Waals surface area contributed by atoms with Gasteiger partial charge in [-0.25, -0.2) is 4.79 Å². The first-order chi connectivity index (χ1) is 14.5. The minimum absolute atomic E-state index is 0.0718. The quantitative estimate of drug-likeness (QED) is 0.567. The highest BCUT2D eigenvalue weighted by Gasteiger charge is 2.36. The fraction of sp³-hybridized carbons (Fsp3) is 0.696. The highest BCUT2D eigenvalue weighted by molar-refractivity contribution is 7.17. The van der Waals surface area contributed by atoms with Gasteiger partial charge in [0.2, 0.25) is 5.91 Å². The topological polar surface area (TPSA) is 81.7 Å². The summed E-state index contributed by atoms with van der Waals surface area (Å²) in [6.45, 7) is 4.07. The molecule has 166 valence electrons. The van der Waals surface area contributed by atoms with Gasteiger partial charge in [0.05, 0.1) is 24.7 Å². The highest BCUT2D eigenvalue weighted by Crippen LogP contribution is 2.44. The Morgan fingerprint density at radius 3 is 2.43 bits per heavy atom. The summed E-state index contributed by atoms with van der Waals surface area (Å²) in [5.74, 6) is -0.709. The maximum atomic E-state index is 12.8. The smallest absolute Gasteiger partial charge is 0.341 e. The first kappa shape index (κ1) is 22.8. The van der Waals surface area contributed by atoms with E-state index in [1.807, 2.05) is 0 Å². The molecule has 30 heavy (non-hydrogen) atoms. The van der Waals surface area contributed by atoms with Crippen LogP contribution in [0.3, 0.4) is 0 Å². The third kappa shape index (κ3) is 5.42. The lowest BCUT2D eigenvalue weighted by Gasteiger charge is -2.22. The van der Waals surface area contributed by atoms with Crippen LogP contribution in [0.5, 0.6) is 0 Å². The number of hydrogen-bond acceptors (Lipinski definition) is 6. The fourth-order valence-corrected chi connectivity index (χ4v) is 5.94. The minimum Gasteiger partial charge on any atom is -0.466 e. The first-order valence-corrected chi connectivity index (χ1v) is 12.2. The molecule has 1 aromatic heterocycles. The number of carbonyl (C=O) groups excluding carboxylic acids is 3. The highest BCUT2D eigenvalue weighted by atomic mass is 32.1. The van der Waals surface area contributed by atoms with E-state index >= 15 is 0 Å². The fourth-order valence-electron chi connectivity index (χ4n) is 4.63. The average Bonchev–Trinajstić information content (AvgIpc) is 3.11. The Labute approximate surface area is 182 Å². The maximum Gasteiger partial charge on any atom is 0.341 e. The first-order valence-electron chi connectivity index (χ1n) is 11.3. The van der Waals surface area contributed by atoms with Crippen molar-refractivity contribution in [1.29, 1.82) is 0 Å². The third-order valence-electron chi connectivity index (χ3n) is 6.08. The molecule has 1 unspecified atom stereocenters. The van der Waals surface area contributed by atoms with Gasteiger partial charge in [0.1, 0.15) is 5.00 Å². The lowest BCUT2D eigenvalue weighted by molar-refractivity contribution is -0.145. The number of ether oxygens (including phenoxy) is 2. The largest absolute Gasteiger partial charge is 0.466 e. The second-order valence-electron chi connectivity index (χ2n) is 8.15. The summed E-state index contributed by atoms with van der Waals surface area (Å²) in [7, 11) is 0. The molecule has 2 aliphatic rings. The van der Waals surface area contributed by atoms with Crippen LogP contribution in [-0.2, 0) is 25.5 Å². The Bertz CT molecular complexity index is 766. The van der Waals surface area contributed by atoms with Gasteiger partial charge in [-0.2, -0.15) is 0 Å². The van der Waals surface area contributed by atoms with Crippen molar-refractivity contribution < 1.29 is 23.9 Å². The van der Waals surface area contributed by atoms with Crippen LogP contribution in [0.2, 0.25) is 0 Å². The van der Waals surface area contributed by atoms with Crippen LogP contribution in [0.4, 0.5) is 5.00 Å². The van der Waals surface area contributed by atoms with Crippen LogP contribution in [0, 0.1) is 5.92 Å². The number of amides is 1. The van der Waals surface area contributed by atoms with E-state index in [9.17, 15) is 14.4 Å². The van der Waals surface area contributed by atoms with Gasteiger partial charge in [-0.1, -0.05) is 32.1 Å². The molecule has 3 rings (SSSR count). The molecular formula is C23H33NO5S. The van der Waals surface area contributed by atoms with Gasteiger partial charge in [-0.15, -0.1) is 11.3 Å². The Morgan fingerprint density at radius 2 is 1.73 bits per heavy atom. The number of thiophene rings is 1. The molecule has 1 atom stereocenters. The van der Waals surface area contributed by atoms with E-state index in [0.717, 1.165) is 24.1 Å².